The number of fused-ring (bicyclic) bond motifs is 1. The van der Waals surface area contributed by atoms with Crippen molar-refractivity contribution < 1.29 is 47.6 Å². The number of ether oxygens (including phenoxy) is 6. The first kappa shape index (κ1) is 31.8. The van der Waals surface area contributed by atoms with Gasteiger partial charge in [0.1, 0.15) is 24.6 Å². The molecule has 44 heavy (non-hydrogen) atoms. The molecule has 1 saturated heterocycles. The molecule has 1 aliphatic heterocycles. The van der Waals surface area contributed by atoms with Crippen molar-refractivity contribution in [3.05, 3.63) is 64.2 Å². The first-order valence-corrected chi connectivity index (χ1v) is 15.2. The van der Waals surface area contributed by atoms with Crippen molar-refractivity contribution in [2.45, 2.75) is 90.0 Å². The highest BCUT2D eigenvalue weighted by Gasteiger charge is 2.52. The van der Waals surface area contributed by atoms with Gasteiger partial charge in [0.15, 0.2) is 18.3 Å². The summed E-state index contributed by atoms with van der Waals surface area (Å²) in [5.41, 5.74) is 2.36. The van der Waals surface area contributed by atoms with Crippen LogP contribution in [-0.4, -0.2) is 61.0 Å². The minimum Gasteiger partial charge on any atom is -0.490 e. The first-order chi connectivity index (χ1) is 21.0. The van der Waals surface area contributed by atoms with Crippen LogP contribution in [0, 0.1) is 11.8 Å². The lowest BCUT2D eigenvalue weighted by atomic mass is 9.89. The monoisotopic (exact) mass is 628 g/mol. The van der Waals surface area contributed by atoms with Gasteiger partial charge in [-0.1, -0.05) is 35.9 Å². The number of carbonyl (C=O) groups is 4. The fourth-order valence-corrected chi connectivity index (χ4v) is 6.44. The van der Waals surface area contributed by atoms with Gasteiger partial charge < -0.3 is 28.4 Å². The summed E-state index contributed by atoms with van der Waals surface area (Å²) in [6, 6.07) is 13.2. The second-order valence-electron chi connectivity index (χ2n) is 11.8. The molecule has 0 radical (unpaired) electrons. The van der Waals surface area contributed by atoms with Crippen molar-refractivity contribution in [1.82, 2.24) is 0 Å². The molecule has 5 rings (SSSR count). The molecule has 2 aromatic rings. The van der Waals surface area contributed by atoms with E-state index in [1.807, 2.05) is 30.3 Å². The van der Waals surface area contributed by atoms with Crippen LogP contribution in [0.15, 0.2) is 42.5 Å². The number of halogens is 1. The molecule has 0 amide bonds. The molecule has 236 valence electrons. The Morgan fingerprint density at radius 3 is 2.00 bits per heavy atom. The van der Waals surface area contributed by atoms with E-state index in [9.17, 15) is 19.2 Å². The third-order valence-electron chi connectivity index (χ3n) is 8.21. The highest BCUT2D eigenvalue weighted by molar-refractivity contribution is 6.31. The quantitative estimate of drug-likeness (QED) is 0.265. The van der Waals surface area contributed by atoms with Gasteiger partial charge in [-0.25, -0.2) is 0 Å². The lowest BCUT2D eigenvalue weighted by molar-refractivity contribution is -0.254. The normalized spacial score (nSPS) is 28.8. The fraction of sp³-hybridized carbons (Fsp3) is 0.515. The van der Waals surface area contributed by atoms with Crippen LogP contribution in [0.2, 0.25) is 5.02 Å². The Hall–Kier alpha value is -3.63. The van der Waals surface area contributed by atoms with Gasteiger partial charge in [-0.15, -0.1) is 0 Å². The number of esters is 4. The number of rotatable bonds is 10. The number of hydrogen-bond donors (Lipinski definition) is 0. The molecule has 3 aliphatic rings. The molecule has 0 spiro atoms. The van der Waals surface area contributed by atoms with E-state index in [4.69, 9.17) is 40.0 Å². The molecule has 1 heterocycles. The van der Waals surface area contributed by atoms with E-state index in [1.165, 1.54) is 34.1 Å². The molecular formula is C33H37ClO10. The molecule has 2 aromatic carbocycles. The highest BCUT2D eigenvalue weighted by atomic mass is 35.5. The smallest absolute Gasteiger partial charge is 0.303 e. The molecule has 0 unspecified atom stereocenters. The molecule has 0 bridgehead atoms. The van der Waals surface area contributed by atoms with Crippen LogP contribution in [0.25, 0.3) is 0 Å². The average molecular weight is 629 g/mol. The second kappa shape index (κ2) is 13.6. The molecule has 3 fully saturated rings. The van der Waals surface area contributed by atoms with Gasteiger partial charge in [-0.3, -0.25) is 19.2 Å². The van der Waals surface area contributed by atoms with E-state index in [-0.39, 0.29) is 12.7 Å². The Morgan fingerprint density at radius 2 is 1.39 bits per heavy atom. The SMILES string of the molecule is CC(=O)OC[C@H]1O[C@H](c2ccc(Cl)c(Cc3ccc(O[C@@H]4C[C@@H]5C[C@@H]5C4)cc3)c2)[C@H](OC(C)=O)[C@@H](OC(C)=O)[C@@H]1OC(C)=O. The van der Waals surface area contributed by atoms with Crippen LogP contribution in [0.4, 0.5) is 0 Å². The minimum atomic E-state index is -1.25. The summed E-state index contributed by atoms with van der Waals surface area (Å²) in [5, 5.41) is 0.518. The maximum Gasteiger partial charge on any atom is 0.303 e. The summed E-state index contributed by atoms with van der Waals surface area (Å²) in [6.07, 6.45) is -1.31. The first-order valence-electron chi connectivity index (χ1n) is 14.8. The highest BCUT2D eigenvalue weighted by Crippen LogP contribution is 2.52. The summed E-state index contributed by atoms with van der Waals surface area (Å²) in [5.74, 6) is -0.0850. The van der Waals surface area contributed by atoms with Gasteiger partial charge in [0.05, 0.1) is 6.10 Å². The van der Waals surface area contributed by atoms with Gasteiger partial charge in [-0.2, -0.15) is 0 Å². The molecule has 2 aliphatic carbocycles. The maximum absolute atomic E-state index is 12.2. The molecule has 11 heteroatoms. The summed E-state index contributed by atoms with van der Waals surface area (Å²) in [7, 11) is 0. The summed E-state index contributed by atoms with van der Waals surface area (Å²) in [4.78, 5) is 48.1. The van der Waals surface area contributed by atoms with E-state index in [2.05, 4.69) is 0 Å². The Balaban J connectivity index is 1.41. The van der Waals surface area contributed by atoms with Crippen LogP contribution in [-0.2, 0) is 49.3 Å². The van der Waals surface area contributed by atoms with Crippen LogP contribution < -0.4 is 4.74 Å². The van der Waals surface area contributed by atoms with Gasteiger partial charge in [-0.05, 0) is 72.4 Å². The Kier molecular flexibility index (Phi) is 9.80. The molecule has 2 saturated carbocycles. The lowest BCUT2D eigenvalue weighted by Crippen LogP contribution is -2.59. The van der Waals surface area contributed by atoms with Gasteiger partial charge >= 0.3 is 23.9 Å². The Morgan fingerprint density at radius 1 is 0.773 bits per heavy atom. The minimum absolute atomic E-state index is 0.289. The summed E-state index contributed by atoms with van der Waals surface area (Å²) >= 11 is 6.62. The van der Waals surface area contributed by atoms with E-state index in [1.54, 1.807) is 12.1 Å². The van der Waals surface area contributed by atoms with Crippen LogP contribution in [0.5, 0.6) is 5.75 Å². The van der Waals surface area contributed by atoms with E-state index >= 15 is 0 Å². The van der Waals surface area contributed by atoms with Crippen molar-refractivity contribution in [3.8, 4) is 5.75 Å². The zero-order valence-corrected chi connectivity index (χ0v) is 25.9. The second-order valence-corrected chi connectivity index (χ2v) is 12.2. The standard InChI is InChI=1S/C33H37ClO10/c1-17(35)39-16-29-31(40-18(2)36)33(42-20(4)38)32(41-19(3)37)30(44-29)22-7-10-28(34)25(12-22)11-21-5-8-26(9-6-21)43-27-14-23-13-24(23)15-27/h5-10,12,23-24,27,29-33H,11,13-16H2,1-4H3/t23-,24+,27+,29-,30-,31-,32+,33+/m1/s1. The summed E-state index contributed by atoms with van der Waals surface area (Å²) in [6.45, 7) is 4.51. The third kappa shape index (κ3) is 7.90. The molecule has 8 atom stereocenters. The van der Waals surface area contributed by atoms with Crippen molar-refractivity contribution in [1.29, 1.82) is 0 Å². The third-order valence-corrected chi connectivity index (χ3v) is 8.58. The van der Waals surface area contributed by atoms with Gasteiger partial charge in [0.2, 0.25) is 0 Å². The predicted octanol–water partition coefficient (Wildman–Crippen LogP) is 4.91. The van der Waals surface area contributed by atoms with Crippen LogP contribution >= 0.6 is 11.6 Å². The van der Waals surface area contributed by atoms with E-state index in [0.717, 1.165) is 41.6 Å². The Labute approximate surface area is 261 Å². The predicted molar refractivity (Wildman–Crippen MR) is 157 cm³/mol. The Bertz CT molecular complexity index is 1380. The van der Waals surface area contributed by atoms with Gasteiger partial charge in [0, 0.05) is 32.7 Å². The molecule has 10 nitrogen and oxygen atoms in total. The number of carbonyl (C=O) groups excluding carboxylic acids is 4. The van der Waals surface area contributed by atoms with Crippen molar-refractivity contribution >= 4 is 35.5 Å². The van der Waals surface area contributed by atoms with E-state index in [0.29, 0.717) is 17.0 Å². The fourth-order valence-electron chi connectivity index (χ4n) is 6.26. The van der Waals surface area contributed by atoms with Crippen molar-refractivity contribution in [2.24, 2.45) is 11.8 Å². The largest absolute Gasteiger partial charge is 0.490 e. The van der Waals surface area contributed by atoms with Crippen LogP contribution in [0.1, 0.15) is 69.8 Å². The van der Waals surface area contributed by atoms with Crippen LogP contribution in [0.3, 0.4) is 0 Å². The number of benzene rings is 2. The molecule has 0 N–H and O–H groups in total. The zero-order chi connectivity index (χ0) is 31.5. The summed E-state index contributed by atoms with van der Waals surface area (Å²) < 4.78 is 34.4. The zero-order valence-electron chi connectivity index (χ0n) is 25.2. The average Bonchev–Trinajstić information content (AvgIpc) is 3.56. The van der Waals surface area contributed by atoms with Gasteiger partial charge in [0.25, 0.3) is 0 Å². The molecular weight excluding hydrogens is 592 g/mol. The maximum atomic E-state index is 12.2. The molecule has 0 aromatic heterocycles. The van der Waals surface area contributed by atoms with E-state index < -0.39 is 54.4 Å². The lowest BCUT2D eigenvalue weighted by Gasteiger charge is -2.44. The number of hydrogen-bond acceptors (Lipinski definition) is 10. The van der Waals surface area contributed by atoms with Crippen molar-refractivity contribution in [2.75, 3.05) is 6.61 Å². The topological polar surface area (TPSA) is 124 Å². The van der Waals surface area contributed by atoms with Crippen molar-refractivity contribution in [3.63, 3.8) is 0 Å².